The summed E-state index contributed by atoms with van der Waals surface area (Å²) in [5, 5.41) is 5.52. The Labute approximate surface area is 137 Å². The smallest absolute Gasteiger partial charge is 0.163 e. The van der Waals surface area contributed by atoms with Crippen LogP contribution < -0.4 is 4.90 Å². The zero-order chi connectivity index (χ0) is 15.8. The summed E-state index contributed by atoms with van der Waals surface area (Å²) in [7, 11) is 1.97. The Morgan fingerprint density at radius 2 is 2.04 bits per heavy atom. The molecule has 0 amide bonds. The van der Waals surface area contributed by atoms with E-state index in [-0.39, 0.29) is 0 Å². The number of anilines is 1. The summed E-state index contributed by atoms with van der Waals surface area (Å²) >= 11 is 0. The first-order valence-corrected chi connectivity index (χ1v) is 8.94. The maximum Gasteiger partial charge on any atom is 0.163 e. The molecule has 2 aliphatic rings. The van der Waals surface area contributed by atoms with Crippen molar-refractivity contribution in [3.63, 3.8) is 0 Å². The molecule has 6 heteroatoms. The average Bonchev–Trinajstić information content (AvgIpc) is 3.08. The number of nitrogens with zero attached hydrogens (tertiary/aromatic N) is 6. The van der Waals surface area contributed by atoms with Gasteiger partial charge in [0.15, 0.2) is 5.65 Å². The van der Waals surface area contributed by atoms with Gasteiger partial charge < -0.3 is 4.90 Å². The molecule has 2 aliphatic heterocycles. The molecule has 0 aromatic carbocycles. The molecule has 0 radical (unpaired) electrons. The molecule has 124 valence electrons. The van der Waals surface area contributed by atoms with Crippen LogP contribution in [0.4, 0.5) is 5.82 Å². The molecule has 2 aromatic heterocycles. The van der Waals surface area contributed by atoms with E-state index in [4.69, 9.17) is 9.97 Å². The molecule has 4 rings (SSSR count). The van der Waals surface area contributed by atoms with E-state index in [9.17, 15) is 0 Å². The van der Waals surface area contributed by atoms with E-state index in [1.165, 1.54) is 32.4 Å². The van der Waals surface area contributed by atoms with Crippen molar-refractivity contribution in [1.82, 2.24) is 24.6 Å². The highest BCUT2D eigenvalue weighted by Gasteiger charge is 2.30. The van der Waals surface area contributed by atoms with E-state index in [1.807, 2.05) is 17.9 Å². The Bertz CT molecular complexity index is 694. The highest BCUT2D eigenvalue weighted by atomic mass is 15.3. The van der Waals surface area contributed by atoms with Crippen LogP contribution in [0.1, 0.15) is 38.4 Å². The number of aryl methyl sites for hydroxylation is 2. The summed E-state index contributed by atoms with van der Waals surface area (Å²) in [5.74, 6) is 2.05. The number of fused-ring (bicyclic) bond motifs is 2. The van der Waals surface area contributed by atoms with Gasteiger partial charge in [0, 0.05) is 39.1 Å². The van der Waals surface area contributed by atoms with Crippen LogP contribution >= 0.6 is 0 Å². The van der Waals surface area contributed by atoms with Crippen LogP contribution in [0.15, 0.2) is 6.20 Å². The van der Waals surface area contributed by atoms with E-state index in [0.717, 1.165) is 48.6 Å². The average molecular weight is 314 g/mol. The van der Waals surface area contributed by atoms with Crippen LogP contribution in [-0.4, -0.2) is 56.9 Å². The third-order valence-corrected chi connectivity index (χ3v) is 5.19. The van der Waals surface area contributed by atoms with E-state index >= 15 is 0 Å². The fourth-order valence-electron chi connectivity index (χ4n) is 4.03. The number of hydrogen-bond acceptors (Lipinski definition) is 5. The summed E-state index contributed by atoms with van der Waals surface area (Å²) in [5.41, 5.74) is 0.964. The van der Waals surface area contributed by atoms with Crippen LogP contribution in [0, 0.1) is 0 Å². The fourth-order valence-corrected chi connectivity index (χ4v) is 4.03. The second-order valence-corrected chi connectivity index (χ2v) is 6.85. The molecular formula is C17H26N6. The molecule has 0 unspecified atom stereocenters. The number of rotatable bonds is 3. The summed E-state index contributed by atoms with van der Waals surface area (Å²) in [6, 6.07) is 0.689. The first-order chi connectivity index (χ1) is 11.3. The van der Waals surface area contributed by atoms with E-state index in [0.29, 0.717) is 6.04 Å². The predicted octanol–water partition coefficient (Wildman–Crippen LogP) is 1.99. The Morgan fingerprint density at radius 3 is 2.91 bits per heavy atom. The van der Waals surface area contributed by atoms with Gasteiger partial charge in [0.25, 0.3) is 0 Å². The first-order valence-electron chi connectivity index (χ1n) is 8.94. The Hall–Kier alpha value is -1.69. The van der Waals surface area contributed by atoms with Crippen LogP contribution in [-0.2, 0) is 13.5 Å². The van der Waals surface area contributed by atoms with E-state index in [1.54, 1.807) is 0 Å². The molecule has 0 saturated carbocycles. The van der Waals surface area contributed by atoms with Crippen molar-refractivity contribution in [2.24, 2.45) is 7.05 Å². The van der Waals surface area contributed by atoms with Gasteiger partial charge in [-0.25, -0.2) is 9.97 Å². The lowest BCUT2D eigenvalue weighted by Gasteiger charge is -2.27. The van der Waals surface area contributed by atoms with Crippen molar-refractivity contribution < 1.29 is 0 Å². The molecule has 1 atom stereocenters. The summed E-state index contributed by atoms with van der Waals surface area (Å²) in [6.45, 7) is 6.85. The highest BCUT2D eigenvalue weighted by molar-refractivity contribution is 5.87. The zero-order valence-corrected chi connectivity index (χ0v) is 14.2. The number of aromatic nitrogens is 4. The maximum absolute atomic E-state index is 4.93. The van der Waals surface area contributed by atoms with Crippen molar-refractivity contribution in [3.05, 3.63) is 12.0 Å². The summed E-state index contributed by atoms with van der Waals surface area (Å²) in [4.78, 5) is 14.8. The van der Waals surface area contributed by atoms with Gasteiger partial charge in [0.1, 0.15) is 11.6 Å². The molecule has 4 heterocycles. The van der Waals surface area contributed by atoms with Crippen molar-refractivity contribution >= 4 is 16.9 Å². The Balaban J connectivity index is 1.74. The van der Waals surface area contributed by atoms with Gasteiger partial charge in [0.2, 0.25) is 0 Å². The normalized spacial score (nSPS) is 22.5. The summed E-state index contributed by atoms with van der Waals surface area (Å²) < 4.78 is 1.87. The number of hydrogen-bond donors (Lipinski definition) is 0. The van der Waals surface area contributed by atoms with Crippen molar-refractivity contribution in [3.8, 4) is 0 Å². The monoisotopic (exact) mass is 314 g/mol. The molecule has 2 fully saturated rings. The lowest BCUT2D eigenvalue weighted by molar-refractivity contribution is 0.273. The Morgan fingerprint density at radius 1 is 1.17 bits per heavy atom. The predicted molar refractivity (Wildman–Crippen MR) is 91.7 cm³/mol. The quantitative estimate of drug-likeness (QED) is 0.867. The minimum atomic E-state index is 0.689. The first kappa shape index (κ1) is 14.9. The van der Waals surface area contributed by atoms with E-state index in [2.05, 4.69) is 21.8 Å². The molecule has 0 spiro atoms. The molecule has 6 nitrogen and oxygen atoms in total. The van der Waals surface area contributed by atoms with Gasteiger partial charge >= 0.3 is 0 Å². The molecule has 23 heavy (non-hydrogen) atoms. The van der Waals surface area contributed by atoms with Crippen molar-refractivity contribution in [2.45, 2.75) is 45.1 Å². The molecule has 0 bridgehead atoms. The molecule has 2 aromatic rings. The van der Waals surface area contributed by atoms with Crippen LogP contribution in [0.3, 0.4) is 0 Å². The third-order valence-electron chi connectivity index (χ3n) is 5.19. The molecule has 0 aliphatic carbocycles. The Kier molecular flexibility index (Phi) is 3.93. The second-order valence-electron chi connectivity index (χ2n) is 6.85. The van der Waals surface area contributed by atoms with Gasteiger partial charge in [-0.15, -0.1) is 0 Å². The van der Waals surface area contributed by atoms with Gasteiger partial charge in [-0.1, -0.05) is 6.92 Å². The zero-order valence-electron chi connectivity index (χ0n) is 14.2. The van der Waals surface area contributed by atoms with Gasteiger partial charge in [-0.2, -0.15) is 5.10 Å². The van der Waals surface area contributed by atoms with Gasteiger partial charge in [-0.05, 0) is 32.2 Å². The minimum absolute atomic E-state index is 0.689. The molecule has 2 saturated heterocycles. The fraction of sp³-hybridized carbons (Fsp3) is 0.706. The van der Waals surface area contributed by atoms with Crippen LogP contribution in [0.2, 0.25) is 0 Å². The SMILES string of the molecule is CCCc1nc(N2CCCN3CCC[C@H]3C2)c2cnn(C)c2n1. The topological polar surface area (TPSA) is 50.1 Å². The highest BCUT2D eigenvalue weighted by Crippen LogP contribution is 2.28. The molecule has 0 N–H and O–H groups in total. The second kappa shape index (κ2) is 6.07. The maximum atomic E-state index is 4.93. The third kappa shape index (κ3) is 2.69. The van der Waals surface area contributed by atoms with Gasteiger partial charge in [0.05, 0.1) is 11.6 Å². The van der Waals surface area contributed by atoms with Crippen molar-refractivity contribution in [2.75, 3.05) is 31.1 Å². The molecular weight excluding hydrogens is 288 g/mol. The minimum Gasteiger partial charge on any atom is -0.354 e. The van der Waals surface area contributed by atoms with Gasteiger partial charge in [-0.3, -0.25) is 9.58 Å². The standard InChI is InChI=1S/C17H26N6/c1-3-6-15-19-16-14(11-18-21(16)2)17(20-15)23-10-5-9-22-8-4-7-13(22)12-23/h11,13H,3-10,12H2,1-2H3/t13-/m0/s1. The van der Waals surface area contributed by atoms with Crippen LogP contribution in [0.5, 0.6) is 0 Å². The van der Waals surface area contributed by atoms with E-state index < -0.39 is 0 Å². The lowest BCUT2D eigenvalue weighted by atomic mass is 10.2. The largest absolute Gasteiger partial charge is 0.354 e. The lowest BCUT2D eigenvalue weighted by Crippen LogP contribution is -2.37. The summed E-state index contributed by atoms with van der Waals surface area (Å²) in [6.07, 6.45) is 7.80. The van der Waals surface area contributed by atoms with Crippen molar-refractivity contribution in [1.29, 1.82) is 0 Å². The van der Waals surface area contributed by atoms with Crippen LogP contribution in [0.25, 0.3) is 11.0 Å².